The number of hydrogen-bond acceptors (Lipinski definition) is 4. The molecule has 0 aliphatic heterocycles. The fourth-order valence-electron chi connectivity index (χ4n) is 1.63. The Bertz CT molecular complexity index is 374. The van der Waals surface area contributed by atoms with Crippen molar-refractivity contribution in [3.8, 4) is 5.75 Å². The van der Waals surface area contributed by atoms with Crippen molar-refractivity contribution < 1.29 is 19.4 Å². The number of carbonyl (C=O) groups is 1. The number of esters is 1. The second kappa shape index (κ2) is 6.91. The molecule has 17 heavy (non-hydrogen) atoms. The number of rotatable bonds is 6. The van der Waals surface area contributed by atoms with Crippen LogP contribution in [0.3, 0.4) is 0 Å². The monoisotopic (exact) mass is 238 g/mol. The average molecular weight is 238 g/mol. The van der Waals surface area contributed by atoms with E-state index in [2.05, 4.69) is 0 Å². The first-order chi connectivity index (χ1) is 8.22. The molecular formula is C13H18O4. The van der Waals surface area contributed by atoms with Gasteiger partial charge in [-0.3, -0.25) is 0 Å². The summed E-state index contributed by atoms with van der Waals surface area (Å²) in [5.74, 6) is 0.277. The number of aliphatic hydroxyl groups excluding tert-OH is 1. The van der Waals surface area contributed by atoms with E-state index in [1.165, 1.54) is 7.11 Å². The molecule has 0 fully saturated rings. The van der Waals surface area contributed by atoms with E-state index in [4.69, 9.17) is 14.6 Å². The first-order valence-corrected chi connectivity index (χ1v) is 5.59. The minimum atomic E-state index is -0.358. The van der Waals surface area contributed by atoms with Crippen molar-refractivity contribution >= 4 is 5.97 Å². The van der Waals surface area contributed by atoms with E-state index in [1.807, 2.05) is 12.1 Å². The molecule has 1 aromatic rings. The van der Waals surface area contributed by atoms with Gasteiger partial charge in [0.05, 0.1) is 19.8 Å². The third kappa shape index (κ3) is 3.75. The second-order valence-electron chi connectivity index (χ2n) is 3.70. The number of methoxy groups -OCH3 is 2. The summed E-state index contributed by atoms with van der Waals surface area (Å²) in [6, 6.07) is 5.36. The van der Waals surface area contributed by atoms with Crippen LogP contribution in [-0.4, -0.2) is 31.9 Å². The average Bonchev–Trinajstić information content (AvgIpc) is 2.38. The summed E-state index contributed by atoms with van der Waals surface area (Å²) in [7, 11) is 2.92. The first-order valence-electron chi connectivity index (χ1n) is 5.59. The number of unbranched alkanes of at least 4 members (excludes halogenated alkanes) is 1. The number of aryl methyl sites for hydroxylation is 1. The van der Waals surface area contributed by atoms with E-state index < -0.39 is 0 Å². The van der Waals surface area contributed by atoms with Gasteiger partial charge in [0.25, 0.3) is 0 Å². The molecule has 0 spiro atoms. The fraction of sp³-hybridized carbons (Fsp3) is 0.462. The van der Waals surface area contributed by atoms with Gasteiger partial charge in [0.1, 0.15) is 5.75 Å². The summed E-state index contributed by atoms with van der Waals surface area (Å²) in [4.78, 5) is 11.6. The maximum absolute atomic E-state index is 11.6. The molecular weight excluding hydrogens is 220 g/mol. The standard InChI is InChI=1S/C13H18O4/c1-16-11-7-6-10(5-3-4-8-14)12(9-11)13(15)17-2/h6-7,9,14H,3-5,8H2,1-2H3. The van der Waals surface area contributed by atoms with Gasteiger partial charge in [0.2, 0.25) is 0 Å². The predicted octanol–water partition coefficient (Wildman–Crippen LogP) is 1.80. The van der Waals surface area contributed by atoms with Gasteiger partial charge in [-0.05, 0) is 37.0 Å². The van der Waals surface area contributed by atoms with Crippen molar-refractivity contribution in [3.63, 3.8) is 0 Å². The smallest absolute Gasteiger partial charge is 0.338 e. The molecule has 4 heteroatoms. The molecule has 94 valence electrons. The zero-order chi connectivity index (χ0) is 12.7. The van der Waals surface area contributed by atoms with Crippen molar-refractivity contribution in [2.75, 3.05) is 20.8 Å². The van der Waals surface area contributed by atoms with Gasteiger partial charge in [-0.25, -0.2) is 4.79 Å². The second-order valence-corrected chi connectivity index (χ2v) is 3.70. The van der Waals surface area contributed by atoms with Gasteiger partial charge in [0, 0.05) is 6.61 Å². The van der Waals surface area contributed by atoms with Crippen LogP contribution in [0, 0.1) is 0 Å². The van der Waals surface area contributed by atoms with Crippen molar-refractivity contribution in [1.29, 1.82) is 0 Å². The summed E-state index contributed by atoms with van der Waals surface area (Å²) < 4.78 is 9.82. The van der Waals surface area contributed by atoms with Gasteiger partial charge < -0.3 is 14.6 Å². The Morgan fingerprint density at radius 1 is 1.29 bits per heavy atom. The number of carbonyl (C=O) groups excluding carboxylic acids is 1. The lowest BCUT2D eigenvalue weighted by atomic mass is 10.0. The van der Waals surface area contributed by atoms with Crippen molar-refractivity contribution in [2.24, 2.45) is 0 Å². The van der Waals surface area contributed by atoms with E-state index in [-0.39, 0.29) is 12.6 Å². The quantitative estimate of drug-likeness (QED) is 0.606. The highest BCUT2D eigenvalue weighted by Gasteiger charge is 2.12. The summed E-state index contributed by atoms with van der Waals surface area (Å²) >= 11 is 0. The van der Waals surface area contributed by atoms with E-state index in [9.17, 15) is 4.79 Å². The highest BCUT2D eigenvalue weighted by Crippen LogP contribution is 2.20. The minimum absolute atomic E-state index is 0.170. The number of benzene rings is 1. The Morgan fingerprint density at radius 2 is 2.06 bits per heavy atom. The van der Waals surface area contributed by atoms with Crippen LogP contribution in [0.25, 0.3) is 0 Å². The molecule has 0 bridgehead atoms. The Hall–Kier alpha value is -1.55. The molecule has 0 radical (unpaired) electrons. The largest absolute Gasteiger partial charge is 0.497 e. The SMILES string of the molecule is COC(=O)c1cc(OC)ccc1CCCCO. The van der Waals surface area contributed by atoms with Crippen molar-refractivity contribution in [2.45, 2.75) is 19.3 Å². The Kier molecular flexibility index (Phi) is 5.49. The van der Waals surface area contributed by atoms with E-state index in [0.29, 0.717) is 11.3 Å². The van der Waals surface area contributed by atoms with Crippen LogP contribution in [0.1, 0.15) is 28.8 Å². The third-order valence-electron chi connectivity index (χ3n) is 2.58. The van der Waals surface area contributed by atoms with Gasteiger partial charge in [-0.15, -0.1) is 0 Å². The van der Waals surface area contributed by atoms with Gasteiger partial charge >= 0.3 is 5.97 Å². The maximum atomic E-state index is 11.6. The van der Waals surface area contributed by atoms with E-state index >= 15 is 0 Å². The molecule has 0 saturated heterocycles. The Labute approximate surface area is 101 Å². The van der Waals surface area contributed by atoms with Crippen LogP contribution in [0.5, 0.6) is 5.75 Å². The fourth-order valence-corrected chi connectivity index (χ4v) is 1.63. The topological polar surface area (TPSA) is 55.8 Å². The van der Waals surface area contributed by atoms with Crippen LogP contribution in [0.15, 0.2) is 18.2 Å². The Morgan fingerprint density at radius 3 is 2.65 bits per heavy atom. The molecule has 1 N–H and O–H groups in total. The summed E-state index contributed by atoms with van der Waals surface area (Å²) in [5.41, 5.74) is 1.45. The zero-order valence-electron chi connectivity index (χ0n) is 10.2. The van der Waals surface area contributed by atoms with Gasteiger partial charge in [-0.2, -0.15) is 0 Å². The van der Waals surface area contributed by atoms with Crippen LogP contribution in [0.4, 0.5) is 0 Å². The molecule has 1 rings (SSSR count). The van der Waals surface area contributed by atoms with Crippen LogP contribution in [0.2, 0.25) is 0 Å². The molecule has 0 atom stereocenters. The lowest BCUT2D eigenvalue weighted by molar-refractivity contribution is 0.0599. The lowest BCUT2D eigenvalue weighted by Crippen LogP contribution is -2.06. The highest BCUT2D eigenvalue weighted by molar-refractivity contribution is 5.91. The molecule has 4 nitrogen and oxygen atoms in total. The molecule has 0 unspecified atom stereocenters. The van der Waals surface area contributed by atoms with Crippen LogP contribution >= 0.6 is 0 Å². The molecule has 0 saturated carbocycles. The molecule has 0 amide bonds. The van der Waals surface area contributed by atoms with Crippen molar-refractivity contribution in [1.82, 2.24) is 0 Å². The normalized spacial score (nSPS) is 10.1. The number of aliphatic hydroxyl groups is 1. The van der Waals surface area contributed by atoms with Gasteiger partial charge in [-0.1, -0.05) is 6.07 Å². The van der Waals surface area contributed by atoms with E-state index in [1.54, 1.807) is 13.2 Å². The van der Waals surface area contributed by atoms with Crippen LogP contribution in [-0.2, 0) is 11.2 Å². The molecule has 0 aliphatic carbocycles. The lowest BCUT2D eigenvalue weighted by Gasteiger charge is -2.09. The summed E-state index contributed by atoms with van der Waals surface area (Å²) in [6.07, 6.45) is 2.31. The number of ether oxygens (including phenoxy) is 2. The van der Waals surface area contributed by atoms with Crippen molar-refractivity contribution in [3.05, 3.63) is 29.3 Å². The minimum Gasteiger partial charge on any atom is -0.497 e. The predicted molar refractivity (Wildman–Crippen MR) is 64.4 cm³/mol. The molecule has 0 aromatic heterocycles. The van der Waals surface area contributed by atoms with E-state index in [0.717, 1.165) is 24.8 Å². The maximum Gasteiger partial charge on any atom is 0.338 e. The summed E-state index contributed by atoms with van der Waals surface area (Å²) in [5, 5.41) is 8.74. The highest BCUT2D eigenvalue weighted by atomic mass is 16.5. The Balaban J connectivity index is 2.90. The number of hydrogen-bond donors (Lipinski definition) is 1. The zero-order valence-corrected chi connectivity index (χ0v) is 10.2. The van der Waals surface area contributed by atoms with Gasteiger partial charge in [0.15, 0.2) is 0 Å². The molecule has 0 aliphatic rings. The molecule has 0 heterocycles. The van der Waals surface area contributed by atoms with Crippen LogP contribution < -0.4 is 4.74 Å². The third-order valence-corrected chi connectivity index (χ3v) is 2.58. The summed E-state index contributed by atoms with van der Waals surface area (Å²) in [6.45, 7) is 0.170. The first kappa shape index (κ1) is 13.5. The molecule has 1 aromatic carbocycles.